The predicted octanol–water partition coefficient (Wildman–Crippen LogP) is -0.709. The van der Waals surface area contributed by atoms with Crippen molar-refractivity contribution in [1.82, 2.24) is 20.2 Å². The second kappa shape index (κ2) is 3.16. The van der Waals surface area contributed by atoms with Crippen molar-refractivity contribution in [3.63, 3.8) is 0 Å². The molecule has 0 aromatic carbocycles. The molecule has 3 N–H and O–H groups in total. The highest BCUT2D eigenvalue weighted by molar-refractivity contribution is 5.71. The van der Waals surface area contributed by atoms with Gasteiger partial charge in [-0.3, -0.25) is 0 Å². The molecule has 0 spiro atoms. The van der Waals surface area contributed by atoms with Crippen molar-refractivity contribution < 1.29 is 9.90 Å². The largest absolute Gasteiger partial charge is 0.480 e. The lowest BCUT2D eigenvalue weighted by Crippen LogP contribution is -2.20. The first-order valence-corrected chi connectivity index (χ1v) is 3.43. The molecule has 12 heavy (non-hydrogen) atoms. The summed E-state index contributed by atoms with van der Waals surface area (Å²) in [5.41, 5.74) is 5.17. The van der Waals surface area contributed by atoms with Gasteiger partial charge in [0.05, 0.1) is 0 Å². The molecule has 1 rings (SSSR count). The Hall–Kier alpha value is -1.66. The number of aromatic nitrogens is 4. The number of nitrogens with zero attached hydrogens (tertiary/aromatic N) is 4. The first-order valence-electron chi connectivity index (χ1n) is 3.43. The van der Waals surface area contributed by atoms with E-state index in [1.165, 1.54) is 0 Å². The second-order valence-corrected chi connectivity index (χ2v) is 2.23. The molecule has 0 radical (unpaired) electrons. The number of hydrogen-bond donors (Lipinski definition) is 2. The summed E-state index contributed by atoms with van der Waals surface area (Å²) >= 11 is 0. The number of carboxylic acids is 1. The van der Waals surface area contributed by atoms with Crippen LogP contribution in [0.1, 0.15) is 19.4 Å². The molecule has 1 atom stereocenters. The van der Waals surface area contributed by atoms with E-state index in [4.69, 9.17) is 10.8 Å². The van der Waals surface area contributed by atoms with Crippen LogP contribution in [-0.2, 0) is 4.79 Å². The van der Waals surface area contributed by atoms with Crippen LogP contribution in [0.5, 0.6) is 0 Å². The lowest BCUT2D eigenvalue weighted by atomic mass is 10.2. The van der Waals surface area contributed by atoms with Crippen LogP contribution in [0.2, 0.25) is 0 Å². The third kappa shape index (κ3) is 1.49. The summed E-state index contributed by atoms with van der Waals surface area (Å²) in [6.07, 6.45) is 0.394. The van der Waals surface area contributed by atoms with E-state index in [2.05, 4.69) is 15.4 Å². The highest BCUT2D eigenvalue weighted by Gasteiger charge is 2.19. The number of rotatable bonds is 3. The molecule has 1 unspecified atom stereocenters. The number of hydrogen-bond acceptors (Lipinski definition) is 5. The molecule has 0 amide bonds. The molecule has 0 fully saturated rings. The minimum absolute atomic E-state index is 0.0188. The lowest BCUT2D eigenvalue weighted by molar-refractivity contribution is -0.141. The van der Waals surface area contributed by atoms with Crippen LogP contribution in [0, 0.1) is 0 Å². The fourth-order valence-corrected chi connectivity index (χ4v) is 0.805. The molecule has 0 bridgehead atoms. The van der Waals surface area contributed by atoms with Crippen LogP contribution in [0.25, 0.3) is 0 Å². The van der Waals surface area contributed by atoms with Gasteiger partial charge in [-0.15, -0.1) is 9.90 Å². The van der Waals surface area contributed by atoms with Gasteiger partial charge in [0.2, 0.25) is 0 Å². The van der Waals surface area contributed by atoms with Crippen LogP contribution >= 0.6 is 0 Å². The van der Waals surface area contributed by atoms with Gasteiger partial charge >= 0.3 is 5.97 Å². The van der Waals surface area contributed by atoms with Gasteiger partial charge < -0.3 is 10.8 Å². The van der Waals surface area contributed by atoms with E-state index >= 15 is 0 Å². The zero-order chi connectivity index (χ0) is 9.14. The van der Waals surface area contributed by atoms with Gasteiger partial charge in [0, 0.05) is 0 Å². The third-order valence-electron chi connectivity index (χ3n) is 1.39. The van der Waals surface area contributed by atoms with E-state index in [0.29, 0.717) is 6.42 Å². The quantitative estimate of drug-likeness (QED) is 0.622. The normalized spacial score (nSPS) is 12.8. The molecule has 66 valence electrons. The zero-order valence-corrected chi connectivity index (χ0v) is 6.51. The van der Waals surface area contributed by atoms with Crippen LogP contribution < -0.4 is 5.73 Å². The maximum Gasteiger partial charge on any atom is 0.330 e. The van der Waals surface area contributed by atoms with Crippen molar-refractivity contribution in [2.75, 3.05) is 5.73 Å². The molecule has 0 aliphatic rings. The Morgan fingerprint density at radius 3 is 2.83 bits per heavy atom. The molecule has 7 heteroatoms. The number of tetrazole rings is 1. The van der Waals surface area contributed by atoms with E-state index in [-0.39, 0.29) is 5.95 Å². The first-order chi connectivity index (χ1) is 5.65. The number of carbonyl (C=O) groups is 1. The zero-order valence-electron chi connectivity index (χ0n) is 6.51. The molecule has 1 heterocycles. The molecule has 1 aromatic rings. The summed E-state index contributed by atoms with van der Waals surface area (Å²) in [4.78, 5) is 11.6. The molecule has 7 nitrogen and oxygen atoms in total. The van der Waals surface area contributed by atoms with Gasteiger partial charge in [0.15, 0.2) is 6.04 Å². The minimum Gasteiger partial charge on any atom is -0.480 e. The average Bonchev–Trinajstić information content (AvgIpc) is 2.37. The molecular weight excluding hydrogens is 162 g/mol. The van der Waals surface area contributed by atoms with E-state index in [0.717, 1.165) is 4.80 Å². The van der Waals surface area contributed by atoms with Crippen molar-refractivity contribution in [2.45, 2.75) is 19.4 Å². The highest BCUT2D eigenvalue weighted by atomic mass is 16.4. The van der Waals surface area contributed by atoms with Crippen molar-refractivity contribution in [2.24, 2.45) is 0 Å². The van der Waals surface area contributed by atoms with Gasteiger partial charge in [-0.05, 0) is 11.6 Å². The Labute approximate surface area is 68.2 Å². The fraction of sp³-hybridized carbons (Fsp3) is 0.600. The Bertz CT molecular complexity index is 283. The smallest absolute Gasteiger partial charge is 0.330 e. The Morgan fingerprint density at radius 1 is 1.83 bits per heavy atom. The number of anilines is 1. The van der Waals surface area contributed by atoms with Gasteiger partial charge in [-0.25, -0.2) is 4.79 Å². The van der Waals surface area contributed by atoms with Gasteiger partial charge in [0.1, 0.15) is 0 Å². The van der Waals surface area contributed by atoms with Crippen molar-refractivity contribution in [1.29, 1.82) is 0 Å². The maximum absolute atomic E-state index is 10.6. The van der Waals surface area contributed by atoms with Crippen LogP contribution in [0.3, 0.4) is 0 Å². The molecule has 0 saturated carbocycles. The van der Waals surface area contributed by atoms with Crippen LogP contribution in [0.15, 0.2) is 0 Å². The van der Waals surface area contributed by atoms with Crippen LogP contribution in [-0.4, -0.2) is 31.3 Å². The summed E-state index contributed by atoms with van der Waals surface area (Å²) in [6, 6.07) is -0.783. The van der Waals surface area contributed by atoms with Crippen LogP contribution in [0.4, 0.5) is 5.95 Å². The summed E-state index contributed by atoms with van der Waals surface area (Å²) < 4.78 is 0. The predicted molar refractivity (Wildman–Crippen MR) is 39.2 cm³/mol. The molecule has 0 aliphatic heterocycles. The average molecular weight is 171 g/mol. The highest BCUT2D eigenvalue weighted by Crippen LogP contribution is 2.07. The second-order valence-electron chi connectivity index (χ2n) is 2.23. The van der Waals surface area contributed by atoms with Gasteiger partial charge in [-0.1, -0.05) is 12.0 Å². The van der Waals surface area contributed by atoms with E-state index in [1.807, 2.05) is 0 Å². The molecular formula is C5H9N5O2. The number of carboxylic acid groups (broad SMARTS) is 1. The number of nitrogens with two attached hydrogens (primary N) is 1. The summed E-state index contributed by atoms with van der Waals surface area (Å²) in [5.74, 6) is -1.01. The minimum atomic E-state index is -0.991. The Balaban J connectivity index is 2.87. The molecule has 0 aliphatic carbocycles. The van der Waals surface area contributed by atoms with E-state index in [9.17, 15) is 4.79 Å². The standard InChI is InChI=1S/C5H9N5O2/c1-2-3(4(11)12)10-8-5(6)7-9-10/h3H,2H2,1H3,(H2,6,8)(H,11,12). The summed E-state index contributed by atoms with van der Waals surface area (Å²) in [6.45, 7) is 1.72. The van der Waals surface area contributed by atoms with Gasteiger partial charge in [0.25, 0.3) is 5.95 Å². The van der Waals surface area contributed by atoms with Crippen molar-refractivity contribution in [3.8, 4) is 0 Å². The summed E-state index contributed by atoms with van der Waals surface area (Å²) in [5, 5.41) is 19.1. The monoisotopic (exact) mass is 171 g/mol. The van der Waals surface area contributed by atoms with Crippen molar-refractivity contribution in [3.05, 3.63) is 0 Å². The third-order valence-corrected chi connectivity index (χ3v) is 1.39. The fourth-order valence-electron chi connectivity index (χ4n) is 0.805. The Kier molecular flexibility index (Phi) is 2.22. The molecule has 0 saturated heterocycles. The SMILES string of the molecule is CCC(C(=O)O)n1nnc(N)n1. The van der Waals surface area contributed by atoms with E-state index in [1.54, 1.807) is 6.92 Å². The number of nitrogen functional groups attached to an aromatic ring is 1. The van der Waals surface area contributed by atoms with E-state index < -0.39 is 12.0 Å². The topological polar surface area (TPSA) is 107 Å². The number of aliphatic carboxylic acids is 1. The molecule has 1 aromatic heterocycles. The summed E-state index contributed by atoms with van der Waals surface area (Å²) in [7, 11) is 0. The maximum atomic E-state index is 10.6. The Morgan fingerprint density at radius 2 is 2.50 bits per heavy atom. The lowest BCUT2D eigenvalue weighted by Gasteiger charge is -2.05. The first kappa shape index (κ1) is 8.44. The van der Waals surface area contributed by atoms with Gasteiger partial charge in [-0.2, -0.15) is 0 Å². The van der Waals surface area contributed by atoms with Crippen molar-refractivity contribution >= 4 is 11.9 Å².